The van der Waals surface area contributed by atoms with Gasteiger partial charge in [-0.25, -0.2) is 4.79 Å². The maximum atomic E-state index is 11.9. The first-order valence-corrected chi connectivity index (χ1v) is 6.08. The lowest BCUT2D eigenvalue weighted by Crippen LogP contribution is -2.49. The van der Waals surface area contributed by atoms with Gasteiger partial charge in [0.05, 0.1) is 0 Å². The van der Waals surface area contributed by atoms with Crippen molar-refractivity contribution in [2.45, 2.75) is 46.6 Å². The highest BCUT2D eigenvalue weighted by Gasteiger charge is 2.25. The fraction of sp³-hybridized carbons (Fsp3) is 0.917. The van der Waals surface area contributed by atoms with Gasteiger partial charge in [0.1, 0.15) is 0 Å². The predicted molar refractivity (Wildman–Crippen MR) is 62.8 cm³/mol. The molecule has 88 valence electrons. The Kier molecular flexibility index (Phi) is 4.43. The molecule has 0 saturated carbocycles. The molecule has 0 aliphatic carbocycles. The highest BCUT2D eigenvalue weighted by atomic mass is 16.2. The van der Waals surface area contributed by atoms with Crippen LogP contribution in [0, 0.1) is 11.8 Å². The van der Waals surface area contributed by atoms with Crippen LogP contribution < -0.4 is 5.32 Å². The molecule has 0 unspecified atom stereocenters. The van der Waals surface area contributed by atoms with E-state index in [2.05, 4.69) is 33.0 Å². The molecule has 1 fully saturated rings. The number of piperidine rings is 1. The van der Waals surface area contributed by atoms with E-state index in [1.165, 1.54) is 6.42 Å². The van der Waals surface area contributed by atoms with E-state index in [9.17, 15) is 4.79 Å². The quantitative estimate of drug-likeness (QED) is 0.749. The van der Waals surface area contributed by atoms with Gasteiger partial charge in [-0.15, -0.1) is 0 Å². The highest BCUT2D eigenvalue weighted by molar-refractivity contribution is 5.74. The second kappa shape index (κ2) is 5.38. The van der Waals surface area contributed by atoms with Gasteiger partial charge in [-0.2, -0.15) is 0 Å². The summed E-state index contributed by atoms with van der Waals surface area (Å²) in [4.78, 5) is 13.8. The molecular weight excluding hydrogens is 188 g/mol. The number of likely N-dealkylation sites (tertiary alicyclic amines) is 1. The van der Waals surface area contributed by atoms with Crippen molar-refractivity contribution in [2.75, 3.05) is 13.1 Å². The summed E-state index contributed by atoms with van der Waals surface area (Å²) < 4.78 is 0. The molecule has 1 heterocycles. The van der Waals surface area contributed by atoms with Crippen LogP contribution >= 0.6 is 0 Å². The smallest absolute Gasteiger partial charge is 0.317 e. The predicted octanol–water partition coefficient (Wildman–Crippen LogP) is 2.47. The molecule has 0 aromatic carbocycles. The van der Waals surface area contributed by atoms with Crippen LogP contribution in [0.15, 0.2) is 0 Å². The molecule has 0 spiro atoms. The monoisotopic (exact) mass is 212 g/mol. The van der Waals surface area contributed by atoms with Crippen LogP contribution in [0.3, 0.4) is 0 Å². The van der Waals surface area contributed by atoms with Gasteiger partial charge in [0.25, 0.3) is 0 Å². The van der Waals surface area contributed by atoms with Crippen molar-refractivity contribution >= 4 is 6.03 Å². The number of carbonyl (C=O) groups excluding carboxylic acids is 1. The Bertz CT molecular complexity index is 208. The Labute approximate surface area is 93.2 Å². The minimum Gasteiger partial charge on any atom is -0.336 e. The van der Waals surface area contributed by atoms with Crippen LogP contribution in [0.2, 0.25) is 0 Å². The Morgan fingerprint density at radius 3 is 2.40 bits per heavy atom. The summed E-state index contributed by atoms with van der Waals surface area (Å²) >= 11 is 0. The molecule has 0 aromatic heterocycles. The molecule has 0 bridgehead atoms. The van der Waals surface area contributed by atoms with Gasteiger partial charge in [-0.05, 0) is 31.6 Å². The summed E-state index contributed by atoms with van der Waals surface area (Å²) in [7, 11) is 0. The molecule has 1 N–H and O–H groups in total. The van der Waals surface area contributed by atoms with E-state index in [0.29, 0.717) is 11.8 Å². The van der Waals surface area contributed by atoms with Crippen LogP contribution in [0.4, 0.5) is 4.79 Å². The molecule has 1 aliphatic rings. The molecule has 15 heavy (non-hydrogen) atoms. The van der Waals surface area contributed by atoms with E-state index < -0.39 is 0 Å². The van der Waals surface area contributed by atoms with Crippen LogP contribution in [0.25, 0.3) is 0 Å². The van der Waals surface area contributed by atoms with Gasteiger partial charge in [0.15, 0.2) is 0 Å². The van der Waals surface area contributed by atoms with Gasteiger partial charge in [-0.1, -0.05) is 20.8 Å². The largest absolute Gasteiger partial charge is 0.336 e. The van der Waals surface area contributed by atoms with E-state index in [1.54, 1.807) is 0 Å². The lowest BCUT2D eigenvalue weighted by molar-refractivity contribution is 0.144. The van der Waals surface area contributed by atoms with Gasteiger partial charge in [-0.3, -0.25) is 0 Å². The molecule has 1 aliphatic heterocycles. The Hall–Kier alpha value is -0.730. The zero-order valence-corrected chi connectivity index (χ0v) is 10.4. The second-order valence-corrected chi connectivity index (χ2v) is 5.11. The van der Waals surface area contributed by atoms with Crippen LogP contribution in [-0.2, 0) is 0 Å². The standard InChI is InChI=1S/C12H24N2O/c1-5-11(4)13-12(15)14-7-9(2)6-10(3)8-14/h9-11H,5-8H2,1-4H3,(H,13,15)/t9-,10-,11-/m1/s1. The van der Waals surface area contributed by atoms with Gasteiger partial charge >= 0.3 is 6.03 Å². The third kappa shape index (κ3) is 3.73. The number of hydrogen-bond donors (Lipinski definition) is 1. The molecule has 3 nitrogen and oxygen atoms in total. The number of nitrogens with zero attached hydrogens (tertiary/aromatic N) is 1. The van der Waals surface area contributed by atoms with E-state index in [0.717, 1.165) is 19.5 Å². The molecule has 0 radical (unpaired) electrons. The first-order chi connectivity index (χ1) is 7.02. The first-order valence-electron chi connectivity index (χ1n) is 6.08. The van der Waals surface area contributed by atoms with Crippen LogP contribution in [0.5, 0.6) is 0 Å². The zero-order valence-electron chi connectivity index (χ0n) is 10.4. The molecule has 2 amide bonds. The molecule has 0 aromatic rings. The summed E-state index contributed by atoms with van der Waals surface area (Å²) in [5.74, 6) is 1.27. The zero-order chi connectivity index (χ0) is 11.4. The molecule has 3 heteroatoms. The van der Waals surface area contributed by atoms with E-state index in [1.807, 2.05) is 4.90 Å². The van der Waals surface area contributed by atoms with Gasteiger partial charge in [0, 0.05) is 19.1 Å². The minimum absolute atomic E-state index is 0.114. The average molecular weight is 212 g/mol. The van der Waals surface area contributed by atoms with Gasteiger partial charge < -0.3 is 10.2 Å². The molecule has 1 rings (SSSR count). The summed E-state index contributed by atoms with van der Waals surface area (Å²) in [5, 5.41) is 3.03. The third-order valence-electron chi connectivity index (χ3n) is 3.14. The lowest BCUT2D eigenvalue weighted by Gasteiger charge is -2.35. The molecular formula is C12H24N2O. The van der Waals surface area contributed by atoms with E-state index in [-0.39, 0.29) is 12.1 Å². The number of hydrogen-bond acceptors (Lipinski definition) is 1. The third-order valence-corrected chi connectivity index (χ3v) is 3.14. The van der Waals surface area contributed by atoms with Crippen molar-refractivity contribution in [3.05, 3.63) is 0 Å². The van der Waals surface area contributed by atoms with Crippen molar-refractivity contribution in [3.8, 4) is 0 Å². The first kappa shape index (κ1) is 12.3. The minimum atomic E-state index is 0.114. The number of amides is 2. The molecule has 3 atom stereocenters. The van der Waals surface area contributed by atoms with Crippen molar-refractivity contribution in [1.82, 2.24) is 10.2 Å². The van der Waals surface area contributed by atoms with E-state index in [4.69, 9.17) is 0 Å². The van der Waals surface area contributed by atoms with Crippen molar-refractivity contribution < 1.29 is 4.79 Å². The number of rotatable bonds is 2. The normalized spacial score (nSPS) is 28.7. The lowest BCUT2D eigenvalue weighted by atomic mass is 9.92. The van der Waals surface area contributed by atoms with E-state index >= 15 is 0 Å². The number of nitrogens with one attached hydrogen (secondary N) is 1. The topological polar surface area (TPSA) is 32.3 Å². The number of urea groups is 1. The highest BCUT2D eigenvalue weighted by Crippen LogP contribution is 2.20. The summed E-state index contributed by atoms with van der Waals surface area (Å²) in [6.07, 6.45) is 2.23. The van der Waals surface area contributed by atoms with Gasteiger partial charge in [0.2, 0.25) is 0 Å². The summed E-state index contributed by atoms with van der Waals surface area (Å²) in [6.45, 7) is 10.4. The van der Waals surface area contributed by atoms with Crippen LogP contribution in [-0.4, -0.2) is 30.1 Å². The second-order valence-electron chi connectivity index (χ2n) is 5.11. The fourth-order valence-corrected chi connectivity index (χ4v) is 2.23. The van der Waals surface area contributed by atoms with Crippen molar-refractivity contribution in [2.24, 2.45) is 11.8 Å². The summed E-state index contributed by atoms with van der Waals surface area (Å²) in [6, 6.07) is 0.396. The maximum absolute atomic E-state index is 11.9. The fourth-order valence-electron chi connectivity index (χ4n) is 2.23. The SMILES string of the molecule is CC[C@@H](C)NC(=O)N1C[C@H](C)C[C@@H](C)C1. The van der Waals surface area contributed by atoms with Crippen molar-refractivity contribution in [3.63, 3.8) is 0 Å². The maximum Gasteiger partial charge on any atom is 0.317 e. The Morgan fingerprint density at radius 2 is 1.93 bits per heavy atom. The Balaban J connectivity index is 2.44. The Morgan fingerprint density at radius 1 is 1.40 bits per heavy atom. The average Bonchev–Trinajstić information content (AvgIpc) is 2.16. The van der Waals surface area contributed by atoms with Crippen LogP contribution in [0.1, 0.15) is 40.5 Å². The molecule has 1 saturated heterocycles. The summed E-state index contributed by atoms with van der Waals surface area (Å²) in [5.41, 5.74) is 0. The van der Waals surface area contributed by atoms with Crippen molar-refractivity contribution in [1.29, 1.82) is 0 Å². The number of carbonyl (C=O) groups is 1.